The van der Waals surface area contributed by atoms with E-state index in [9.17, 15) is 4.79 Å². The molecule has 2 N–H and O–H groups in total. The number of rotatable bonds is 8. The summed E-state index contributed by atoms with van der Waals surface area (Å²) in [5.74, 6) is 1.36. The first-order valence-electron chi connectivity index (χ1n) is 11.0. The Balaban J connectivity index is 0.00000363. The molecule has 9 heteroatoms. The number of guanidine groups is 1. The largest absolute Gasteiger partial charge is 0.357 e. The number of likely N-dealkylation sites (N-methyl/N-ethyl adjacent to an activating group) is 1. The number of hydrogen-bond acceptors (Lipinski definition) is 4. The maximum absolute atomic E-state index is 12.4. The minimum absolute atomic E-state index is 0. The summed E-state index contributed by atoms with van der Waals surface area (Å²) in [5, 5.41) is 10.7. The Morgan fingerprint density at radius 1 is 1.31 bits per heavy atom. The smallest absolute Gasteiger partial charge is 0.251 e. The summed E-state index contributed by atoms with van der Waals surface area (Å²) in [6.07, 6.45) is 5.17. The lowest BCUT2D eigenvalue weighted by Gasteiger charge is -2.21. The van der Waals surface area contributed by atoms with Crippen LogP contribution in [0.5, 0.6) is 0 Å². The molecule has 1 amide bonds. The number of benzene rings is 1. The molecule has 1 unspecified atom stereocenters. The van der Waals surface area contributed by atoms with Crippen LogP contribution in [-0.4, -0.2) is 78.3 Å². The number of aryl methyl sites for hydroxylation is 1. The second kappa shape index (κ2) is 12.8. The summed E-state index contributed by atoms with van der Waals surface area (Å²) >= 11 is 0. The van der Waals surface area contributed by atoms with Crippen LogP contribution in [0.2, 0.25) is 0 Å². The molecule has 1 aromatic carbocycles. The minimum Gasteiger partial charge on any atom is -0.357 e. The monoisotopic (exact) mass is 553 g/mol. The van der Waals surface area contributed by atoms with Crippen molar-refractivity contribution in [3.63, 3.8) is 0 Å². The molecular formula is C23H36IN7O. The average molecular weight is 553 g/mol. The number of amides is 1. The van der Waals surface area contributed by atoms with E-state index in [2.05, 4.69) is 33.8 Å². The van der Waals surface area contributed by atoms with Crippen LogP contribution in [0, 0.1) is 0 Å². The molecule has 176 valence electrons. The molecule has 8 nitrogen and oxygen atoms in total. The zero-order valence-corrected chi connectivity index (χ0v) is 21.9. The Morgan fingerprint density at radius 3 is 2.81 bits per heavy atom. The van der Waals surface area contributed by atoms with Crippen LogP contribution in [0.15, 0.2) is 41.7 Å². The van der Waals surface area contributed by atoms with Crippen LogP contribution in [0.4, 0.5) is 0 Å². The highest BCUT2D eigenvalue weighted by molar-refractivity contribution is 14.0. The molecule has 2 heterocycles. The molecule has 1 saturated heterocycles. The zero-order chi connectivity index (χ0) is 22.2. The molecule has 1 atom stereocenters. The highest BCUT2D eigenvalue weighted by Gasteiger charge is 2.26. The molecule has 0 aliphatic carbocycles. The molecule has 3 rings (SSSR count). The molecule has 1 aromatic heterocycles. The van der Waals surface area contributed by atoms with Gasteiger partial charge in [0.1, 0.15) is 0 Å². The number of aromatic nitrogens is 2. The molecule has 1 aliphatic heterocycles. The van der Waals surface area contributed by atoms with Gasteiger partial charge in [0, 0.05) is 57.4 Å². The van der Waals surface area contributed by atoms with Crippen LogP contribution < -0.4 is 10.6 Å². The fourth-order valence-corrected chi connectivity index (χ4v) is 3.77. The maximum Gasteiger partial charge on any atom is 0.251 e. The fraction of sp³-hybridized carbons (Fsp3) is 0.522. The molecule has 0 bridgehead atoms. The second-order valence-corrected chi connectivity index (χ2v) is 8.31. The van der Waals surface area contributed by atoms with Gasteiger partial charge in [-0.3, -0.25) is 9.48 Å². The Hall–Kier alpha value is -2.14. The molecule has 1 fully saturated rings. The van der Waals surface area contributed by atoms with E-state index in [4.69, 9.17) is 4.99 Å². The number of nitrogens with one attached hydrogen (secondary N) is 2. The van der Waals surface area contributed by atoms with E-state index in [1.165, 1.54) is 5.56 Å². The predicted octanol–water partition coefficient (Wildman–Crippen LogP) is 2.28. The molecule has 0 radical (unpaired) electrons. The molecule has 32 heavy (non-hydrogen) atoms. The van der Waals surface area contributed by atoms with Crippen LogP contribution >= 0.6 is 24.0 Å². The van der Waals surface area contributed by atoms with E-state index in [1.54, 1.807) is 0 Å². The Morgan fingerprint density at radius 2 is 2.12 bits per heavy atom. The van der Waals surface area contributed by atoms with Crippen molar-refractivity contribution >= 4 is 35.8 Å². The summed E-state index contributed by atoms with van der Waals surface area (Å²) in [6, 6.07) is 7.72. The number of likely N-dealkylation sites (tertiary alicyclic amines) is 1. The first-order chi connectivity index (χ1) is 15.0. The first kappa shape index (κ1) is 26.1. The highest BCUT2D eigenvalue weighted by atomic mass is 127. The van der Waals surface area contributed by atoms with Crippen molar-refractivity contribution in [1.29, 1.82) is 0 Å². The van der Waals surface area contributed by atoms with Gasteiger partial charge < -0.3 is 20.4 Å². The second-order valence-electron chi connectivity index (χ2n) is 8.31. The van der Waals surface area contributed by atoms with E-state index in [0.29, 0.717) is 24.6 Å². The van der Waals surface area contributed by atoms with Gasteiger partial charge in [-0.25, -0.2) is 4.99 Å². The van der Waals surface area contributed by atoms with Crippen molar-refractivity contribution in [2.24, 2.45) is 12.0 Å². The fourth-order valence-electron chi connectivity index (χ4n) is 3.77. The summed E-state index contributed by atoms with van der Waals surface area (Å²) in [5.41, 5.74) is 2.99. The Bertz CT molecular complexity index is 896. The van der Waals surface area contributed by atoms with E-state index in [-0.39, 0.29) is 29.9 Å². The van der Waals surface area contributed by atoms with E-state index >= 15 is 0 Å². The SMILES string of the molecule is CCNC(=NCc1cccc(C(=O)NCCN(C)C)c1)N1CCC(c2cnn(C)c2)C1.I. The van der Waals surface area contributed by atoms with Crippen molar-refractivity contribution in [3.05, 3.63) is 53.3 Å². The normalized spacial score (nSPS) is 16.2. The first-order valence-corrected chi connectivity index (χ1v) is 11.0. The Labute approximate surface area is 208 Å². The van der Waals surface area contributed by atoms with Crippen LogP contribution in [-0.2, 0) is 13.6 Å². The Kier molecular flexibility index (Phi) is 10.4. The summed E-state index contributed by atoms with van der Waals surface area (Å²) in [4.78, 5) is 21.6. The third kappa shape index (κ3) is 7.47. The van der Waals surface area contributed by atoms with Gasteiger partial charge in [-0.2, -0.15) is 5.10 Å². The van der Waals surface area contributed by atoms with Gasteiger partial charge in [0.15, 0.2) is 5.96 Å². The van der Waals surface area contributed by atoms with Gasteiger partial charge in [0.2, 0.25) is 0 Å². The maximum atomic E-state index is 12.4. The number of hydrogen-bond donors (Lipinski definition) is 2. The third-order valence-corrected chi connectivity index (χ3v) is 5.46. The molecule has 1 aliphatic rings. The van der Waals surface area contributed by atoms with Crippen molar-refractivity contribution in [3.8, 4) is 0 Å². The number of nitrogens with zero attached hydrogens (tertiary/aromatic N) is 5. The summed E-state index contributed by atoms with van der Waals surface area (Å²) in [6.45, 7) is 6.80. The molecule has 0 spiro atoms. The van der Waals surface area contributed by atoms with Gasteiger partial charge in [-0.05, 0) is 50.7 Å². The topological polar surface area (TPSA) is 77.8 Å². The predicted molar refractivity (Wildman–Crippen MR) is 140 cm³/mol. The van der Waals surface area contributed by atoms with E-state index in [1.807, 2.05) is 61.2 Å². The van der Waals surface area contributed by atoms with Crippen LogP contribution in [0.25, 0.3) is 0 Å². The van der Waals surface area contributed by atoms with Gasteiger partial charge in [0.05, 0.1) is 12.7 Å². The van der Waals surface area contributed by atoms with Crippen molar-refractivity contribution < 1.29 is 4.79 Å². The summed E-state index contributed by atoms with van der Waals surface area (Å²) < 4.78 is 1.86. The standard InChI is InChI=1S/C23H35N7O.HI/c1-5-24-23(30-11-9-20(17-30)21-15-27-29(4)16-21)26-14-18-7-6-8-19(13-18)22(31)25-10-12-28(2)3;/h6-8,13,15-16,20H,5,9-12,14,17H2,1-4H3,(H,24,26)(H,25,31);1H. The summed E-state index contributed by atoms with van der Waals surface area (Å²) in [7, 11) is 5.94. The van der Waals surface area contributed by atoms with E-state index in [0.717, 1.165) is 44.1 Å². The number of carbonyl (C=O) groups excluding carboxylic acids is 1. The van der Waals surface area contributed by atoms with Crippen molar-refractivity contribution in [1.82, 2.24) is 30.2 Å². The van der Waals surface area contributed by atoms with Gasteiger partial charge in [-0.1, -0.05) is 12.1 Å². The number of halogens is 1. The lowest BCUT2D eigenvalue weighted by atomic mass is 10.0. The highest BCUT2D eigenvalue weighted by Crippen LogP contribution is 2.26. The van der Waals surface area contributed by atoms with E-state index < -0.39 is 0 Å². The van der Waals surface area contributed by atoms with Crippen molar-refractivity contribution in [2.75, 3.05) is 46.8 Å². The van der Waals surface area contributed by atoms with Gasteiger partial charge >= 0.3 is 0 Å². The van der Waals surface area contributed by atoms with Gasteiger partial charge in [-0.15, -0.1) is 24.0 Å². The number of aliphatic imine (C=N–C) groups is 1. The zero-order valence-electron chi connectivity index (χ0n) is 19.5. The molecular weight excluding hydrogens is 517 g/mol. The number of carbonyl (C=O) groups is 1. The lowest BCUT2D eigenvalue weighted by Crippen LogP contribution is -2.40. The van der Waals surface area contributed by atoms with Crippen LogP contribution in [0.1, 0.15) is 40.7 Å². The van der Waals surface area contributed by atoms with Crippen LogP contribution in [0.3, 0.4) is 0 Å². The third-order valence-electron chi connectivity index (χ3n) is 5.46. The molecule has 0 saturated carbocycles. The average Bonchev–Trinajstić information content (AvgIpc) is 3.40. The van der Waals surface area contributed by atoms with Gasteiger partial charge in [0.25, 0.3) is 5.91 Å². The van der Waals surface area contributed by atoms with Crippen molar-refractivity contribution in [2.45, 2.75) is 25.8 Å². The minimum atomic E-state index is -0.0431. The molecule has 2 aromatic rings. The lowest BCUT2D eigenvalue weighted by molar-refractivity contribution is 0.0951. The quantitative estimate of drug-likeness (QED) is 0.298.